The van der Waals surface area contributed by atoms with E-state index >= 15 is 0 Å². The lowest BCUT2D eigenvalue weighted by molar-refractivity contribution is -0.140. The largest absolute Gasteiger partial charge is 0.466 e. The average molecular weight is 461 g/mol. The third kappa shape index (κ3) is 19.3. The van der Waals surface area contributed by atoms with Crippen LogP contribution in [0.4, 0.5) is 0 Å². The number of esters is 3. The zero-order chi connectivity index (χ0) is 25.6. The van der Waals surface area contributed by atoms with Gasteiger partial charge in [-0.1, -0.05) is 83.2 Å². The molecule has 0 aliphatic heterocycles. The van der Waals surface area contributed by atoms with Gasteiger partial charge in [-0.05, 0) is 31.7 Å². The number of carbonyl (C=O) groups excluding carboxylic acids is 3. The Balaban J connectivity index is 0. The van der Waals surface area contributed by atoms with E-state index in [0.29, 0.717) is 30.3 Å². The van der Waals surface area contributed by atoms with Crippen molar-refractivity contribution in [3.63, 3.8) is 0 Å². The smallest absolute Gasteiger partial charge is 0.333 e. The van der Waals surface area contributed by atoms with Crippen molar-refractivity contribution in [1.82, 2.24) is 0 Å². The molecule has 0 N–H and O–H groups in total. The Morgan fingerprint density at radius 3 is 1.94 bits per heavy atom. The summed E-state index contributed by atoms with van der Waals surface area (Å²) >= 11 is 0. The van der Waals surface area contributed by atoms with Crippen molar-refractivity contribution < 1.29 is 28.6 Å². The van der Waals surface area contributed by atoms with Crippen molar-refractivity contribution in [3.8, 4) is 0 Å². The number of unbranched alkanes of at least 4 members (excludes halogenated alkanes) is 1. The van der Waals surface area contributed by atoms with Gasteiger partial charge < -0.3 is 14.2 Å². The molecule has 33 heavy (non-hydrogen) atoms. The molecule has 6 heteroatoms. The molecule has 1 unspecified atom stereocenters. The van der Waals surface area contributed by atoms with Gasteiger partial charge >= 0.3 is 17.9 Å². The second-order valence-electron chi connectivity index (χ2n) is 7.36. The van der Waals surface area contributed by atoms with E-state index in [1.165, 1.54) is 26.0 Å². The highest BCUT2D eigenvalue weighted by atomic mass is 16.5. The summed E-state index contributed by atoms with van der Waals surface area (Å²) in [6.07, 6.45) is 5.85. The van der Waals surface area contributed by atoms with Gasteiger partial charge in [-0.25, -0.2) is 14.4 Å². The van der Waals surface area contributed by atoms with Gasteiger partial charge in [0.15, 0.2) is 0 Å². The first-order valence-corrected chi connectivity index (χ1v) is 11.0. The number of hydrogen-bond donors (Lipinski definition) is 0. The molecule has 1 rings (SSSR count). The normalized spacial score (nSPS) is 10.1. The Morgan fingerprint density at radius 1 is 0.970 bits per heavy atom. The van der Waals surface area contributed by atoms with Gasteiger partial charge in [-0.2, -0.15) is 0 Å². The number of ether oxygens (including phenoxy) is 3. The molecule has 184 valence electrons. The van der Waals surface area contributed by atoms with Gasteiger partial charge in [-0.3, -0.25) is 0 Å². The Bertz CT molecular complexity index is 736. The standard InChI is InChI=1S/C11H12O2.C11H20O2.C5H8O2/c1-9(2)11(12)13-8-10-6-4-3-5-7-10;1-4-7-8-10(5-2)9-13-11(12)6-3;1-4(2)5(6)7-3/h3-7H,1,8H2,2H3;6,10H,3-5,7-9H2,1-2H3;1H2,2-3H3. The summed E-state index contributed by atoms with van der Waals surface area (Å²) in [6.45, 7) is 18.6. The summed E-state index contributed by atoms with van der Waals surface area (Å²) in [5, 5.41) is 0. The second-order valence-corrected chi connectivity index (χ2v) is 7.36. The van der Waals surface area contributed by atoms with E-state index in [4.69, 9.17) is 9.47 Å². The highest BCUT2D eigenvalue weighted by Gasteiger charge is 2.07. The minimum absolute atomic E-state index is 0.310. The number of benzene rings is 1. The number of carbonyl (C=O) groups is 3. The van der Waals surface area contributed by atoms with Crippen LogP contribution < -0.4 is 0 Å². The fraction of sp³-hybridized carbons (Fsp3) is 0.444. The van der Waals surface area contributed by atoms with Crippen LogP contribution in [-0.4, -0.2) is 31.6 Å². The fourth-order valence-corrected chi connectivity index (χ4v) is 2.18. The zero-order valence-corrected chi connectivity index (χ0v) is 20.9. The lowest BCUT2D eigenvalue weighted by atomic mass is 10.0. The Hall–Kier alpha value is -3.15. The molecule has 0 saturated carbocycles. The molecule has 1 aromatic rings. The predicted octanol–water partition coefficient (Wildman–Crippen LogP) is 5.97. The van der Waals surface area contributed by atoms with Gasteiger partial charge in [-0.15, -0.1) is 0 Å². The van der Waals surface area contributed by atoms with Crippen molar-refractivity contribution in [2.24, 2.45) is 5.92 Å². The summed E-state index contributed by atoms with van der Waals surface area (Å²) in [5.41, 5.74) is 1.84. The van der Waals surface area contributed by atoms with E-state index in [1.807, 2.05) is 30.3 Å². The molecule has 0 fully saturated rings. The Kier molecular flexibility index (Phi) is 20.1. The molecule has 0 aromatic heterocycles. The van der Waals surface area contributed by atoms with Gasteiger partial charge in [0.2, 0.25) is 0 Å². The molecule has 0 bridgehead atoms. The van der Waals surface area contributed by atoms with Crippen LogP contribution in [0, 0.1) is 5.92 Å². The zero-order valence-electron chi connectivity index (χ0n) is 20.9. The predicted molar refractivity (Wildman–Crippen MR) is 132 cm³/mol. The molecular formula is C27H40O6. The highest BCUT2D eigenvalue weighted by molar-refractivity contribution is 5.87. The summed E-state index contributed by atoms with van der Waals surface area (Å²) in [6, 6.07) is 9.55. The Morgan fingerprint density at radius 2 is 1.55 bits per heavy atom. The van der Waals surface area contributed by atoms with E-state index in [-0.39, 0.29) is 17.9 Å². The molecule has 0 amide bonds. The molecule has 6 nitrogen and oxygen atoms in total. The lowest BCUT2D eigenvalue weighted by Gasteiger charge is -2.13. The summed E-state index contributed by atoms with van der Waals surface area (Å²) in [4.78, 5) is 31.9. The maximum atomic E-state index is 11.0. The average Bonchev–Trinajstić information content (AvgIpc) is 2.83. The first-order valence-electron chi connectivity index (χ1n) is 11.0. The minimum Gasteiger partial charge on any atom is -0.466 e. The number of methoxy groups -OCH3 is 1. The van der Waals surface area contributed by atoms with Crippen LogP contribution in [0.3, 0.4) is 0 Å². The monoisotopic (exact) mass is 460 g/mol. The molecule has 1 atom stereocenters. The summed E-state index contributed by atoms with van der Waals surface area (Å²) < 4.78 is 14.2. The van der Waals surface area contributed by atoms with Crippen LogP contribution in [0.5, 0.6) is 0 Å². The van der Waals surface area contributed by atoms with Gasteiger partial charge in [0.1, 0.15) is 6.61 Å². The lowest BCUT2D eigenvalue weighted by Crippen LogP contribution is -2.12. The first kappa shape index (κ1) is 32.0. The molecule has 0 radical (unpaired) electrons. The molecule has 0 aliphatic carbocycles. The quantitative estimate of drug-likeness (QED) is 0.230. The topological polar surface area (TPSA) is 78.9 Å². The van der Waals surface area contributed by atoms with Gasteiger partial charge in [0.05, 0.1) is 13.7 Å². The van der Waals surface area contributed by atoms with Gasteiger partial charge in [0.25, 0.3) is 0 Å². The van der Waals surface area contributed by atoms with Crippen molar-refractivity contribution in [2.45, 2.75) is 60.0 Å². The van der Waals surface area contributed by atoms with Crippen LogP contribution in [0.15, 0.2) is 67.3 Å². The summed E-state index contributed by atoms with van der Waals surface area (Å²) in [5.74, 6) is -0.484. The van der Waals surface area contributed by atoms with Crippen molar-refractivity contribution in [2.75, 3.05) is 13.7 Å². The van der Waals surface area contributed by atoms with Crippen LogP contribution >= 0.6 is 0 Å². The van der Waals surface area contributed by atoms with E-state index in [2.05, 4.69) is 38.3 Å². The van der Waals surface area contributed by atoms with Crippen LogP contribution in [0.25, 0.3) is 0 Å². The molecule has 1 aromatic carbocycles. The van der Waals surface area contributed by atoms with Crippen molar-refractivity contribution in [1.29, 1.82) is 0 Å². The maximum Gasteiger partial charge on any atom is 0.333 e. The molecule has 0 spiro atoms. The SMILES string of the molecule is C=C(C)C(=O)OC.C=C(C)C(=O)OCc1ccccc1.C=CC(=O)OCC(CC)CCCC. The molecular weight excluding hydrogens is 420 g/mol. The number of rotatable bonds is 11. The molecule has 0 aliphatic rings. The minimum atomic E-state index is -0.347. The molecule has 0 heterocycles. The molecule has 0 saturated heterocycles. The van der Waals surface area contributed by atoms with E-state index in [0.717, 1.165) is 18.4 Å². The van der Waals surface area contributed by atoms with Crippen LogP contribution in [0.2, 0.25) is 0 Å². The van der Waals surface area contributed by atoms with E-state index < -0.39 is 0 Å². The first-order chi connectivity index (χ1) is 15.6. The van der Waals surface area contributed by atoms with E-state index in [1.54, 1.807) is 13.8 Å². The third-order valence-electron chi connectivity index (χ3n) is 4.27. The van der Waals surface area contributed by atoms with Crippen molar-refractivity contribution >= 4 is 17.9 Å². The fourth-order valence-electron chi connectivity index (χ4n) is 2.18. The van der Waals surface area contributed by atoms with E-state index in [9.17, 15) is 14.4 Å². The maximum absolute atomic E-state index is 11.0. The van der Waals surface area contributed by atoms with Gasteiger partial charge in [0, 0.05) is 17.2 Å². The second kappa shape index (κ2) is 20.7. The Labute approximate surface area is 199 Å². The number of hydrogen-bond acceptors (Lipinski definition) is 6. The van der Waals surface area contributed by atoms with Crippen molar-refractivity contribution in [3.05, 3.63) is 72.9 Å². The highest BCUT2D eigenvalue weighted by Crippen LogP contribution is 2.12. The van der Waals surface area contributed by atoms with Crippen LogP contribution in [-0.2, 0) is 35.2 Å². The van der Waals surface area contributed by atoms with Crippen LogP contribution in [0.1, 0.15) is 58.9 Å². The summed E-state index contributed by atoms with van der Waals surface area (Å²) in [7, 11) is 1.33. The third-order valence-corrected chi connectivity index (χ3v) is 4.27.